The molecule has 0 heterocycles. The van der Waals surface area contributed by atoms with E-state index >= 15 is 0 Å². The number of rotatable bonds is 30. The first kappa shape index (κ1) is 52.0. The van der Waals surface area contributed by atoms with Crippen LogP contribution in [0.25, 0.3) is 0 Å². The Morgan fingerprint density at radius 1 is 0.268 bits per heavy atom. The maximum absolute atomic E-state index is 4.95. The molecule has 41 heavy (non-hydrogen) atoms. The molecule has 0 nitrogen and oxygen atoms in total. The summed E-state index contributed by atoms with van der Waals surface area (Å²) in [7, 11) is 0. The quantitative estimate of drug-likeness (QED) is 0.0412. The van der Waals surface area contributed by atoms with Crippen LogP contribution in [0.1, 0.15) is 220 Å². The van der Waals surface area contributed by atoms with Gasteiger partial charge in [0.25, 0.3) is 0 Å². The number of unbranched alkanes of at least 4 members (excludes halogenated alkanes) is 28. The number of hydrogen-bond donors (Lipinski definition) is 0. The molecule has 0 fully saturated rings. The van der Waals surface area contributed by atoms with E-state index in [1.54, 1.807) is 13.8 Å². The van der Waals surface area contributed by atoms with Gasteiger partial charge >= 0.3 is 23.9 Å². The van der Waals surface area contributed by atoms with Crippen LogP contribution in [0.5, 0.6) is 0 Å². The van der Waals surface area contributed by atoms with Gasteiger partial charge in [-0.1, -0.05) is 234 Å². The first-order chi connectivity index (χ1) is 19.8. The molecule has 0 spiro atoms. The van der Waals surface area contributed by atoms with Gasteiger partial charge in [0.2, 0.25) is 0 Å². The van der Waals surface area contributed by atoms with Gasteiger partial charge in [-0.3, -0.25) is 0 Å². The van der Waals surface area contributed by atoms with Crippen molar-refractivity contribution in [2.45, 2.75) is 220 Å². The molecule has 0 rings (SSSR count). The third-order valence-electron chi connectivity index (χ3n) is 7.50. The van der Waals surface area contributed by atoms with Crippen LogP contribution in [0.3, 0.4) is 0 Å². The zero-order valence-corrected chi connectivity index (χ0v) is 33.8. The first-order valence-electron chi connectivity index (χ1n) is 18.4. The van der Waals surface area contributed by atoms with E-state index in [0.717, 1.165) is 11.5 Å². The Hall–Kier alpha value is 1.50. The van der Waals surface area contributed by atoms with Crippen LogP contribution in [-0.4, -0.2) is 35.4 Å². The topological polar surface area (TPSA) is 0 Å². The Kier molecular flexibility index (Phi) is 77.0. The second kappa shape index (κ2) is 60.7. The summed E-state index contributed by atoms with van der Waals surface area (Å²) in [6.07, 6.45) is 43.0. The molecule has 0 aliphatic carbocycles. The summed E-state index contributed by atoms with van der Waals surface area (Å²) in [5.41, 5.74) is 0. The fraction of sp³-hybridized carbons (Fsp3) is 0.947. The molecule has 0 aromatic carbocycles. The molecule has 0 aliphatic heterocycles. The largest absolute Gasteiger partial charge is 2.00 e. The van der Waals surface area contributed by atoms with Crippen LogP contribution < -0.4 is 0 Å². The molecule has 0 N–H and O–H groups in total. The summed E-state index contributed by atoms with van der Waals surface area (Å²) < 4.78 is 0. The molecule has 0 amide bonds. The fourth-order valence-electron chi connectivity index (χ4n) is 4.95. The SMILES string of the molecule is CCCCCCCCCCCCCCCCC[S-].CCCCCCCCCCCCCCCCC[S-].[CH2]C.[CH2]C.[Sn+2]. The predicted octanol–water partition coefficient (Wildman–Crippen LogP) is 14.1. The van der Waals surface area contributed by atoms with Crippen molar-refractivity contribution in [2.24, 2.45) is 0 Å². The molecule has 0 saturated heterocycles. The molecule has 248 valence electrons. The van der Waals surface area contributed by atoms with E-state index in [1.807, 2.05) is 0 Å². The monoisotopic (exact) mass is 720 g/mol. The molecule has 0 aromatic rings. The smallest absolute Gasteiger partial charge is 0.793 e. The maximum atomic E-state index is 4.95. The van der Waals surface area contributed by atoms with Crippen LogP contribution in [0, 0.1) is 13.8 Å². The Morgan fingerprint density at radius 2 is 0.390 bits per heavy atom. The van der Waals surface area contributed by atoms with Crippen molar-refractivity contribution in [3.05, 3.63) is 13.8 Å². The van der Waals surface area contributed by atoms with Gasteiger partial charge in [0.15, 0.2) is 0 Å². The van der Waals surface area contributed by atoms with E-state index in [-0.39, 0.29) is 23.9 Å². The van der Waals surface area contributed by atoms with Gasteiger partial charge in [-0.25, -0.2) is 0 Å². The fourth-order valence-corrected chi connectivity index (χ4v) is 5.36. The van der Waals surface area contributed by atoms with Crippen LogP contribution in [0.2, 0.25) is 0 Å². The van der Waals surface area contributed by atoms with E-state index in [1.165, 1.54) is 193 Å². The minimum atomic E-state index is 0. The summed E-state index contributed by atoms with van der Waals surface area (Å²) in [6.45, 7) is 14.6. The third kappa shape index (κ3) is 65.3. The van der Waals surface area contributed by atoms with Crippen molar-refractivity contribution in [3.8, 4) is 0 Å². The standard InChI is InChI=1S/2C17H36S.2C2H5.Sn/c2*1-2-3-4-5-6-7-8-9-10-11-12-13-14-15-16-17-18;2*1-2;/h2*18H,2-17H2,1H3;2*1H2,2H3;/q;;;;+2/p-2. The van der Waals surface area contributed by atoms with Crippen LogP contribution >= 0.6 is 0 Å². The summed E-state index contributed by atoms with van der Waals surface area (Å²) >= 11 is 9.89. The first-order valence-corrected chi connectivity index (χ1v) is 19.6. The molecule has 0 aromatic heterocycles. The van der Waals surface area contributed by atoms with Crippen molar-refractivity contribution >= 4 is 49.2 Å². The molecule has 0 saturated carbocycles. The number of hydrogen-bond acceptors (Lipinski definition) is 2. The van der Waals surface area contributed by atoms with E-state index in [9.17, 15) is 0 Å². The second-order valence-corrected chi connectivity index (χ2v) is 12.1. The molecular weight excluding hydrogens is 639 g/mol. The summed E-state index contributed by atoms with van der Waals surface area (Å²) in [6, 6.07) is 0. The average molecular weight is 720 g/mol. The van der Waals surface area contributed by atoms with Crippen molar-refractivity contribution in [3.63, 3.8) is 0 Å². The van der Waals surface area contributed by atoms with E-state index in [4.69, 9.17) is 25.3 Å². The van der Waals surface area contributed by atoms with Crippen molar-refractivity contribution in [2.75, 3.05) is 11.5 Å². The molecule has 0 aliphatic rings. The van der Waals surface area contributed by atoms with Gasteiger partial charge in [-0.2, -0.15) is 11.5 Å². The molecule has 0 bridgehead atoms. The van der Waals surface area contributed by atoms with Gasteiger partial charge < -0.3 is 25.3 Å². The normalized spacial score (nSPS) is 9.95. The zero-order valence-electron chi connectivity index (χ0n) is 29.4. The van der Waals surface area contributed by atoms with Crippen LogP contribution in [0.15, 0.2) is 0 Å². The summed E-state index contributed by atoms with van der Waals surface area (Å²) in [4.78, 5) is 0. The molecule has 0 unspecified atom stereocenters. The Balaban J connectivity index is -0.000000184. The third-order valence-corrected chi connectivity index (χ3v) is 8.07. The molecular formula is C38H80S2Sn. The van der Waals surface area contributed by atoms with Gasteiger partial charge in [0.1, 0.15) is 0 Å². The zero-order chi connectivity index (χ0) is 30.6. The summed E-state index contributed by atoms with van der Waals surface area (Å²) in [5, 5.41) is 0. The van der Waals surface area contributed by atoms with Gasteiger partial charge in [0, 0.05) is 0 Å². The summed E-state index contributed by atoms with van der Waals surface area (Å²) in [5.74, 6) is 1.91. The minimum absolute atomic E-state index is 0. The average Bonchev–Trinajstić information content (AvgIpc) is 3.00. The predicted molar refractivity (Wildman–Crippen MR) is 202 cm³/mol. The second-order valence-electron chi connectivity index (χ2n) is 11.3. The van der Waals surface area contributed by atoms with E-state index < -0.39 is 0 Å². The Morgan fingerprint density at radius 3 is 0.512 bits per heavy atom. The van der Waals surface area contributed by atoms with E-state index in [0.29, 0.717) is 0 Å². The van der Waals surface area contributed by atoms with Crippen molar-refractivity contribution in [1.82, 2.24) is 0 Å². The molecule has 0 atom stereocenters. The molecule has 4 radical (unpaired) electrons. The Labute approximate surface area is 293 Å². The minimum Gasteiger partial charge on any atom is -0.793 e. The van der Waals surface area contributed by atoms with Crippen molar-refractivity contribution in [1.29, 1.82) is 0 Å². The maximum Gasteiger partial charge on any atom is 2.00 e. The van der Waals surface area contributed by atoms with Crippen LogP contribution in [0.4, 0.5) is 0 Å². The van der Waals surface area contributed by atoms with Gasteiger partial charge in [-0.15, -0.1) is 0 Å². The van der Waals surface area contributed by atoms with Gasteiger partial charge in [0.05, 0.1) is 0 Å². The van der Waals surface area contributed by atoms with Gasteiger partial charge in [-0.05, 0) is 0 Å². The van der Waals surface area contributed by atoms with Crippen LogP contribution in [-0.2, 0) is 25.3 Å². The Bertz CT molecular complexity index is 274. The van der Waals surface area contributed by atoms with E-state index in [2.05, 4.69) is 27.7 Å². The van der Waals surface area contributed by atoms with Crippen molar-refractivity contribution < 1.29 is 0 Å². The molecule has 3 heteroatoms.